The van der Waals surface area contributed by atoms with Crippen LogP contribution in [0.2, 0.25) is 0 Å². The highest BCUT2D eigenvalue weighted by molar-refractivity contribution is 5.85. The maximum absolute atomic E-state index is 13.5. The molecule has 0 saturated carbocycles. The number of carbonyl (C=O) groups excluding carboxylic acids is 1. The third kappa shape index (κ3) is 6.73. The molecule has 1 aliphatic rings. The number of carboxylic acids is 1. The van der Waals surface area contributed by atoms with Crippen LogP contribution in [0.4, 0.5) is 13.2 Å². The van der Waals surface area contributed by atoms with Gasteiger partial charge in [-0.05, 0) is 47.2 Å². The third-order valence-electron chi connectivity index (χ3n) is 5.61. The molecule has 0 aromatic heterocycles. The zero-order valence-electron chi connectivity index (χ0n) is 18.7. The highest BCUT2D eigenvalue weighted by atomic mass is 19.4. The largest absolute Gasteiger partial charge is 0.496 e. The molecule has 2 aromatic rings. The predicted octanol–water partition coefficient (Wildman–Crippen LogP) is 4.96. The molecule has 0 aliphatic heterocycles. The van der Waals surface area contributed by atoms with E-state index < -0.39 is 18.1 Å². The molecular weight excluding hydrogens is 447 g/mol. The van der Waals surface area contributed by atoms with E-state index in [0.29, 0.717) is 34.4 Å². The fourth-order valence-electron chi connectivity index (χ4n) is 3.88. The zero-order chi connectivity index (χ0) is 24.7. The molecule has 0 radical (unpaired) electrons. The standard InChI is InChI=1S/C26H26F3NO4/c1-34-23-11-7-18(14-25(32)33)13-22(23)21-10-9-20(26(27,28)29)15-19(21)16-30-24(31)12-8-17-5-3-2-4-6-17/h2-7,10-11,13,15,20H,8-9,12,14,16H2,1H3,(H,30,31)(H,32,33). The second kappa shape index (κ2) is 11.0. The number of carboxylic acid groups (broad SMARTS) is 1. The van der Waals surface area contributed by atoms with E-state index in [0.717, 1.165) is 11.6 Å². The molecule has 3 rings (SSSR count). The summed E-state index contributed by atoms with van der Waals surface area (Å²) in [4.78, 5) is 23.5. The van der Waals surface area contributed by atoms with E-state index in [9.17, 15) is 22.8 Å². The summed E-state index contributed by atoms with van der Waals surface area (Å²) in [5.41, 5.74) is 2.78. The number of ether oxygens (including phenoxy) is 1. The normalized spacial score (nSPS) is 15.8. The average molecular weight is 473 g/mol. The molecule has 0 heterocycles. The number of alkyl halides is 3. The van der Waals surface area contributed by atoms with Crippen molar-refractivity contribution in [2.45, 2.75) is 31.9 Å². The van der Waals surface area contributed by atoms with Crippen molar-refractivity contribution in [3.63, 3.8) is 0 Å². The Morgan fingerprint density at radius 1 is 1.12 bits per heavy atom. The van der Waals surface area contributed by atoms with Crippen LogP contribution in [0, 0.1) is 5.92 Å². The molecule has 1 unspecified atom stereocenters. The van der Waals surface area contributed by atoms with E-state index in [4.69, 9.17) is 9.84 Å². The van der Waals surface area contributed by atoms with E-state index in [1.165, 1.54) is 13.2 Å². The lowest BCUT2D eigenvalue weighted by Crippen LogP contribution is -2.29. The van der Waals surface area contributed by atoms with Crippen LogP contribution < -0.4 is 10.1 Å². The van der Waals surface area contributed by atoms with Crippen molar-refractivity contribution in [3.05, 3.63) is 82.9 Å². The zero-order valence-corrected chi connectivity index (χ0v) is 18.7. The first kappa shape index (κ1) is 25.1. The van der Waals surface area contributed by atoms with E-state index in [1.807, 2.05) is 30.3 Å². The molecule has 1 atom stereocenters. The van der Waals surface area contributed by atoms with E-state index in [1.54, 1.807) is 18.2 Å². The average Bonchev–Trinajstić information content (AvgIpc) is 2.81. The Bertz CT molecular complexity index is 1090. The minimum atomic E-state index is -4.42. The molecule has 0 fully saturated rings. The summed E-state index contributed by atoms with van der Waals surface area (Å²) >= 11 is 0. The highest BCUT2D eigenvalue weighted by Gasteiger charge is 2.39. The number of allylic oxidation sites excluding steroid dienone is 2. The summed E-state index contributed by atoms with van der Waals surface area (Å²) in [6, 6.07) is 14.2. The van der Waals surface area contributed by atoms with Gasteiger partial charge in [0.2, 0.25) is 5.91 Å². The van der Waals surface area contributed by atoms with Crippen LogP contribution in [0.15, 0.2) is 66.3 Å². The Morgan fingerprint density at radius 2 is 1.85 bits per heavy atom. The molecule has 8 heteroatoms. The number of halogens is 3. The van der Waals surface area contributed by atoms with Gasteiger partial charge >= 0.3 is 12.1 Å². The van der Waals surface area contributed by atoms with Crippen LogP contribution in [0.3, 0.4) is 0 Å². The number of carbonyl (C=O) groups is 2. The molecule has 0 spiro atoms. The third-order valence-corrected chi connectivity index (χ3v) is 5.61. The van der Waals surface area contributed by atoms with Gasteiger partial charge in [-0.15, -0.1) is 0 Å². The Morgan fingerprint density at radius 3 is 2.50 bits per heavy atom. The highest BCUT2D eigenvalue weighted by Crippen LogP contribution is 2.40. The topological polar surface area (TPSA) is 75.6 Å². The van der Waals surface area contributed by atoms with Crippen molar-refractivity contribution >= 4 is 17.4 Å². The first-order chi connectivity index (χ1) is 16.2. The van der Waals surface area contributed by atoms with Crippen LogP contribution in [-0.4, -0.2) is 36.8 Å². The lowest BCUT2D eigenvalue weighted by atomic mass is 9.85. The first-order valence-corrected chi connectivity index (χ1v) is 10.8. The molecule has 5 nitrogen and oxygen atoms in total. The van der Waals surface area contributed by atoms with Crippen molar-refractivity contribution in [1.82, 2.24) is 5.32 Å². The van der Waals surface area contributed by atoms with Crippen LogP contribution in [-0.2, 0) is 22.4 Å². The van der Waals surface area contributed by atoms with Crippen LogP contribution in [0.1, 0.15) is 29.5 Å². The summed E-state index contributed by atoms with van der Waals surface area (Å²) in [6.07, 6.45) is -1.57. The molecule has 0 bridgehead atoms. The minimum absolute atomic E-state index is 0.0850. The van der Waals surface area contributed by atoms with E-state index in [-0.39, 0.29) is 31.7 Å². The maximum Gasteiger partial charge on any atom is 0.395 e. The van der Waals surface area contributed by atoms with Gasteiger partial charge in [0.1, 0.15) is 5.75 Å². The number of methoxy groups -OCH3 is 1. The van der Waals surface area contributed by atoms with Crippen LogP contribution in [0.25, 0.3) is 5.57 Å². The monoisotopic (exact) mass is 473 g/mol. The molecule has 1 aliphatic carbocycles. The van der Waals surface area contributed by atoms with Gasteiger partial charge in [0, 0.05) is 18.5 Å². The second-order valence-corrected chi connectivity index (χ2v) is 8.06. The number of rotatable bonds is 9. The number of aliphatic carboxylic acids is 1. The smallest absolute Gasteiger partial charge is 0.395 e. The van der Waals surface area contributed by atoms with Gasteiger partial charge in [0.15, 0.2) is 0 Å². The summed E-state index contributed by atoms with van der Waals surface area (Å²) in [5, 5.41) is 11.8. The lowest BCUT2D eigenvalue weighted by molar-refractivity contribution is -0.160. The quantitative estimate of drug-likeness (QED) is 0.540. The van der Waals surface area contributed by atoms with Gasteiger partial charge in [-0.25, -0.2) is 0 Å². The van der Waals surface area contributed by atoms with Crippen LogP contribution in [0.5, 0.6) is 5.75 Å². The predicted molar refractivity (Wildman–Crippen MR) is 122 cm³/mol. The minimum Gasteiger partial charge on any atom is -0.496 e. The number of hydrogen-bond acceptors (Lipinski definition) is 3. The van der Waals surface area contributed by atoms with Gasteiger partial charge in [-0.1, -0.05) is 48.6 Å². The molecular formula is C26H26F3NO4. The number of aryl methyl sites for hydroxylation is 1. The second-order valence-electron chi connectivity index (χ2n) is 8.06. The van der Waals surface area contributed by atoms with Gasteiger partial charge in [0.25, 0.3) is 0 Å². The Labute approximate surface area is 195 Å². The molecule has 2 aromatic carbocycles. The number of amides is 1. The van der Waals surface area contributed by atoms with Crippen molar-refractivity contribution < 1.29 is 32.6 Å². The Balaban J connectivity index is 1.82. The van der Waals surface area contributed by atoms with Gasteiger partial charge in [0.05, 0.1) is 19.4 Å². The molecule has 0 saturated heterocycles. The summed E-state index contributed by atoms with van der Waals surface area (Å²) in [7, 11) is 1.44. The molecule has 180 valence electrons. The van der Waals surface area contributed by atoms with Crippen LogP contribution >= 0.6 is 0 Å². The fourth-order valence-corrected chi connectivity index (χ4v) is 3.88. The summed E-state index contributed by atoms with van der Waals surface area (Å²) < 4.78 is 45.7. The number of hydrogen-bond donors (Lipinski definition) is 2. The fraction of sp³-hybridized carbons (Fsp3) is 0.308. The Hall–Kier alpha value is -3.55. The van der Waals surface area contributed by atoms with E-state index in [2.05, 4.69) is 5.32 Å². The van der Waals surface area contributed by atoms with Gasteiger partial charge in [-0.2, -0.15) is 13.2 Å². The number of nitrogens with one attached hydrogen (secondary N) is 1. The first-order valence-electron chi connectivity index (χ1n) is 10.8. The Kier molecular flexibility index (Phi) is 8.15. The lowest BCUT2D eigenvalue weighted by Gasteiger charge is -2.25. The number of benzene rings is 2. The molecule has 1 amide bonds. The van der Waals surface area contributed by atoms with Crippen molar-refractivity contribution in [2.24, 2.45) is 5.92 Å². The maximum atomic E-state index is 13.5. The summed E-state index contributed by atoms with van der Waals surface area (Å²) in [6.45, 7) is -0.0850. The summed E-state index contributed by atoms with van der Waals surface area (Å²) in [5.74, 6) is -2.55. The van der Waals surface area contributed by atoms with Crippen molar-refractivity contribution in [2.75, 3.05) is 13.7 Å². The van der Waals surface area contributed by atoms with Gasteiger partial charge in [-0.3, -0.25) is 9.59 Å². The SMILES string of the molecule is COc1ccc(CC(=O)O)cc1C1=CCC(C(F)(F)F)C=C1CNC(=O)CCc1ccccc1. The molecule has 2 N–H and O–H groups in total. The van der Waals surface area contributed by atoms with Crippen molar-refractivity contribution in [1.29, 1.82) is 0 Å². The molecule has 34 heavy (non-hydrogen) atoms. The van der Waals surface area contributed by atoms with Gasteiger partial charge < -0.3 is 15.2 Å². The van der Waals surface area contributed by atoms with E-state index >= 15 is 0 Å². The van der Waals surface area contributed by atoms with Crippen molar-refractivity contribution in [3.8, 4) is 5.75 Å².